The molecule has 0 spiro atoms. The molecule has 1 saturated heterocycles. The number of likely N-dealkylation sites (tertiary alicyclic amines) is 1. The van der Waals surface area contributed by atoms with Gasteiger partial charge in [-0.3, -0.25) is 9.69 Å². The van der Waals surface area contributed by atoms with Gasteiger partial charge in [0.2, 0.25) is 0 Å². The third kappa shape index (κ3) is 3.19. The zero-order chi connectivity index (χ0) is 12.1. The Balaban J connectivity index is 2.53. The van der Waals surface area contributed by atoms with Gasteiger partial charge in [-0.15, -0.1) is 0 Å². The molecule has 0 bridgehead atoms. The zero-order valence-electron chi connectivity index (χ0n) is 10.8. The van der Waals surface area contributed by atoms with Crippen molar-refractivity contribution in [2.75, 3.05) is 27.2 Å². The molecule has 1 rings (SSSR count). The van der Waals surface area contributed by atoms with Crippen LogP contribution >= 0.6 is 0 Å². The van der Waals surface area contributed by atoms with Crippen molar-refractivity contribution >= 4 is 5.97 Å². The minimum Gasteiger partial charge on any atom is -0.468 e. The van der Waals surface area contributed by atoms with E-state index in [1.54, 1.807) is 7.05 Å². The quantitative estimate of drug-likeness (QED) is 0.725. The molecule has 3 unspecified atom stereocenters. The van der Waals surface area contributed by atoms with E-state index in [9.17, 15) is 4.79 Å². The molecule has 1 fully saturated rings. The van der Waals surface area contributed by atoms with Crippen molar-refractivity contribution in [3.63, 3.8) is 0 Å². The summed E-state index contributed by atoms with van der Waals surface area (Å²) in [5, 5.41) is 3.02. The van der Waals surface area contributed by atoms with Gasteiger partial charge in [-0.25, -0.2) is 0 Å². The zero-order valence-corrected chi connectivity index (χ0v) is 10.8. The first-order valence-corrected chi connectivity index (χ1v) is 6.09. The molecule has 4 nitrogen and oxygen atoms in total. The summed E-state index contributed by atoms with van der Waals surface area (Å²) in [6.07, 6.45) is 2.52. The van der Waals surface area contributed by atoms with Crippen LogP contribution < -0.4 is 5.32 Å². The topological polar surface area (TPSA) is 41.6 Å². The Morgan fingerprint density at radius 1 is 1.56 bits per heavy atom. The lowest BCUT2D eigenvalue weighted by Crippen LogP contribution is -2.51. The predicted molar refractivity (Wildman–Crippen MR) is 64.3 cm³/mol. The average molecular weight is 228 g/mol. The van der Waals surface area contributed by atoms with Crippen molar-refractivity contribution in [3.8, 4) is 0 Å². The number of piperidine rings is 1. The normalized spacial score (nSPS) is 28.8. The molecule has 1 aliphatic rings. The summed E-state index contributed by atoms with van der Waals surface area (Å²) >= 11 is 0. The molecular weight excluding hydrogens is 204 g/mol. The number of esters is 1. The van der Waals surface area contributed by atoms with Crippen LogP contribution in [-0.4, -0.2) is 50.2 Å². The Kier molecular flexibility index (Phi) is 5.22. The summed E-state index contributed by atoms with van der Waals surface area (Å²) in [7, 11) is 3.24. The van der Waals surface area contributed by atoms with Crippen LogP contribution in [0.4, 0.5) is 0 Å². The first kappa shape index (κ1) is 13.5. The second-order valence-electron chi connectivity index (χ2n) is 4.72. The molecule has 16 heavy (non-hydrogen) atoms. The van der Waals surface area contributed by atoms with E-state index in [2.05, 4.69) is 24.1 Å². The Morgan fingerprint density at radius 3 is 2.81 bits per heavy atom. The second-order valence-corrected chi connectivity index (χ2v) is 4.72. The van der Waals surface area contributed by atoms with Gasteiger partial charge >= 0.3 is 5.97 Å². The first-order valence-electron chi connectivity index (χ1n) is 6.09. The Morgan fingerprint density at radius 2 is 2.25 bits per heavy atom. The van der Waals surface area contributed by atoms with Crippen LogP contribution in [0.25, 0.3) is 0 Å². The van der Waals surface area contributed by atoms with E-state index < -0.39 is 0 Å². The standard InChI is InChI=1S/C12H24N2O2/c1-9-6-5-7-14(10(9)2)8-11(13-3)12(15)16-4/h9-11,13H,5-8H2,1-4H3. The van der Waals surface area contributed by atoms with Gasteiger partial charge in [-0.05, 0) is 39.3 Å². The SMILES string of the molecule is CNC(CN1CCCC(C)C1C)C(=O)OC. The highest BCUT2D eigenvalue weighted by molar-refractivity contribution is 5.75. The summed E-state index contributed by atoms with van der Waals surface area (Å²) in [6, 6.07) is 0.340. The van der Waals surface area contributed by atoms with Gasteiger partial charge < -0.3 is 10.1 Å². The molecule has 0 radical (unpaired) electrons. The van der Waals surface area contributed by atoms with Crippen molar-refractivity contribution in [1.29, 1.82) is 0 Å². The predicted octanol–water partition coefficient (Wildman–Crippen LogP) is 0.868. The van der Waals surface area contributed by atoms with Gasteiger partial charge in [0.1, 0.15) is 6.04 Å². The first-order chi connectivity index (χ1) is 7.60. The number of nitrogens with zero attached hydrogens (tertiary/aromatic N) is 1. The molecule has 0 aliphatic carbocycles. The number of ether oxygens (including phenoxy) is 1. The fraction of sp³-hybridized carbons (Fsp3) is 0.917. The van der Waals surface area contributed by atoms with Gasteiger partial charge in [0, 0.05) is 12.6 Å². The summed E-state index contributed by atoms with van der Waals surface area (Å²) in [5.41, 5.74) is 0. The second kappa shape index (κ2) is 6.21. The van der Waals surface area contributed by atoms with Gasteiger partial charge in [0.25, 0.3) is 0 Å². The molecule has 0 aromatic carbocycles. The average Bonchev–Trinajstić information content (AvgIpc) is 2.30. The molecule has 0 saturated carbocycles. The molecule has 0 aromatic rings. The molecule has 0 aromatic heterocycles. The maximum atomic E-state index is 11.5. The minimum absolute atomic E-state index is 0.173. The van der Waals surface area contributed by atoms with Gasteiger partial charge in [0.15, 0.2) is 0 Å². The van der Waals surface area contributed by atoms with Gasteiger partial charge in [-0.1, -0.05) is 6.92 Å². The maximum absolute atomic E-state index is 11.5. The molecule has 1 N–H and O–H groups in total. The highest BCUT2D eigenvalue weighted by atomic mass is 16.5. The highest BCUT2D eigenvalue weighted by Gasteiger charge is 2.28. The van der Waals surface area contributed by atoms with E-state index in [4.69, 9.17) is 4.74 Å². The van der Waals surface area contributed by atoms with Crippen LogP contribution in [0.2, 0.25) is 0 Å². The number of carbonyl (C=O) groups is 1. The Hall–Kier alpha value is -0.610. The number of rotatable bonds is 4. The van der Waals surface area contributed by atoms with Crippen molar-refractivity contribution in [1.82, 2.24) is 10.2 Å². The number of methoxy groups -OCH3 is 1. The van der Waals surface area contributed by atoms with Crippen molar-refractivity contribution < 1.29 is 9.53 Å². The smallest absolute Gasteiger partial charge is 0.324 e. The van der Waals surface area contributed by atoms with E-state index in [1.165, 1.54) is 20.0 Å². The largest absolute Gasteiger partial charge is 0.468 e. The van der Waals surface area contributed by atoms with E-state index in [-0.39, 0.29) is 12.0 Å². The summed E-state index contributed by atoms with van der Waals surface area (Å²) in [4.78, 5) is 13.9. The monoisotopic (exact) mass is 228 g/mol. The van der Waals surface area contributed by atoms with Gasteiger partial charge in [0.05, 0.1) is 7.11 Å². The summed E-state index contributed by atoms with van der Waals surface area (Å²) in [6.45, 7) is 6.35. The molecule has 3 atom stereocenters. The van der Waals surface area contributed by atoms with E-state index in [0.717, 1.165) is 13.1 Å². The lowest BCUT2D eigenvalue weighted by atomic mass is 9.92. The maximum Gasteiger partial charge on any atom is 0.324 e. The minimum atomic E-state index is -0.210. The molecule has 1 heterocycles. The van der Waals surface area contributed by atoms with Crippen molar-refractivity contribution in [2.45, 2.75) is 38.8 Å². The number of likely N-dealkylation sites (N-methyl/N-ethyl adjacent to an activating group) is 1. The molecule has 4 heteroatoms. The van der Waals surface area contributed by atoms with E-state index >= 15 is 0 Å². The third-order valence-electron chi connectivity index (χ3n) is 3.76. The van der Waals surface area contributed by atoms with Crippen LogP contribution in [0.1, 0.15) is 26.7 Å². The summed E-state index contributed by atoms with van der Waals surface area (Å²) in [5.74, 6) is 0.539. The lowest BCUT2D eigenvalue weighted by Gasteiger charge is -2.39. The Bertz CT molecular complexity index is 233. The number of hydrogen-bond donors (Lipinski definition) is 1. The molecule has 0 amide bonds. The van der Waals surface area contributed by atoms with Crippen LogP contribution in [-0.2, 0) is 9.53 Å². The van der Waals surface area contributed by atoms with Crippen LogP contribution in [0.15, 0.2) is 0 Å². The van der Waals surface area contributed by atoms with Crippen LogP contribution in [0.3, 0.4) is 0 Å². The van der Waals surface area contributed by atoms with E-state index in [1.807, 2.05) is 0 Å². The Labute approximate surface area is 98.3 Å². The fourth-order valence-corrected chi connectivity index (χ4v) is 2.34. The number of carbonyl (C=O) groups excluding carboxylic acids is 1. The third-order valence-corrected chi connectivity index (χ3v) is 3.76. The van der Waals surface area contributed by atoms with Crippen LogP contribution in [0.5, 0.6) is 0 Å². The molecular formula is C12H24N2O2. The molecule has 1 aliphatic heterocycles. The molecule has 94 valence electrons. The number of nitrogens with one attached hydrogen (secondary N) is 1. The fourth-order valence-electron chi connectivity index (χ4n) is 2.34. The van der Waals surface area contributed by atoms with Crippen molar-refractivity contribution in [3.05, 3.63) is 0 Å². The highest BCUT2D eigenvalue weighted by Crippen LogP contribution is 2.22. The van der Waals surface area contributed by atoms with E-state index in [0.29, 0.717) is 12.0 Å². The lowest BCUT2D eigenvalue weighted by molar-refractivity contribution is -0.143. The summed E-state index contributed by atoms with van der Waals surface area (Å²) < 4.78 is 4.78. The number of hydrogen-bond acceptors (Lipinski definition) is 4. The van der Waals surface area contributed by atoms with Gasteiger partial charge in [-0.2, -0.15) is 0 Å². The van der Waals surface area contributed by atoms with Crippen molar-refractivity contribution in [2.24, 2.45) is 5.92 Å². The van der Waals surface area contributed by atoms with Crippen LogP contribution in [0, 0.1) is 5.92 Å².